The minimum Gasteiger partial charge on any atom is -0.394 e. The third kappa shape index (κ3) is 1.35. The van der Waals surface area contributed by atoms with Crippen LogP contribution in [0.15, 0.2) is 0 Å². The molecule has 2 fully saturated rings. The highest BCUT2D eigenvalue weighted by Crippen LogP contribution is 2.32. The highest BCUT2D eigenvalue weighted by molar-refractivity contribution is 4.93. The van der Waals surface area contributed by atoms with Crippen LogP contribution in [0.5, 0.6) is 0 Å². The molecule has 6 nitrogen and oxygen atoms in total. The molecule has 2 aliphatic heterocycles. The van der Waals surface area contributed by atoms with E-state index in [0.717, 1.165) is 0 Å². The summed E-state index contributed by atoms with van der Waals surface area (Å²) in [5.74, 6) is 0. The first-order valence-electron chi connectivity index (χ1n) is 4.07. The number of methoxy groups -OCH3 is 1. The van der Waals surface area contributed by atoms with E-state index in [1.165, 1.54) is 7.11 Å². The topological polar surface area (TPSA) is 77.4 Å². The first-order chi connectivity index (χ1) is 6.27. The van der Waals surface area contributed by atoms with Crippen LogP contribution < -0.4 is 0 Å². The van der Waals surface area contributed by atoms with Crippen molar-refractivity contribution in [2.24, 2.45) is 0 Å². The molecule has 0 radical (unpaired) electrons. The number of hydrogen-bond acceptors (Lipinski definition) is 6. The van der Waals surface area contributed by atoms with Gasteiger partial charge in [0, 0.05) is 7.11 Å². The van der Waals surface area contributed by atoms with Gasteiger partial charge < -0.3 is 19.7 Å². The Labute approximate surface area is 74.9 Å². The lowest BCUT2D eigenvalue weighted by Crippen LogP contribution is -2.66. The van der Waals surface area contributed by atoms with Crippen LogP contribution in [0.3, 0.4) is 0 Å². The predicted octanol–water partition coefficient (Wildman–Crippen LogP) is -1.59. The zero-order chi connectivity index (χ0) is 9.42. The number of aliphatic hydroxyl groups is 2. The van der Waals surface area contributed by atoms with E-state index in [1.807, 2.05) is 0 Å². The van der Waals surface area contributed by atoms with Crippen molar-refractivity contribution in [3.05, 3.63) is 0 Å². The maximum Gasteiger partial charge on any atom is 0.186 e. The van der Waals surface area contributed by atoms with Crippen LogP contribution in [0, 0.1) is 0 Å². The lowest BCUT2D eigenvalue weighted by Gasteiger charge is -2.47. The molecule has 6 heteroatoms. The van der Waals surface area contributed by atoms with Gasteiger partial charge in [-0.25, -0.2) is 9.78 Å². The van der Waals surface area contributed by atoms with Crippen LogP contribution >= 0.6 is 0 Å². The Morgan fingerprint density at radius 1 is 1.31 bits per heavy atom. The fourth-order valence-electron chi connectivity index (χ4n) is 1.54. The largest absolute Gasteiger partial charge is 0.394 e. The average Bonchev–Trinajstić information content (AvgIpc) is 2.07. The van der Waals surface area contributed by atoms with Gasteiger partial charge in [0.05, 0.1) is 6.61 Å². The first-order valence-corrected chi connectivity index (χ1v) is 4.07. The molecule has 0 bridgehead atoms. The second-order valence-corrected chi connectivity index (χ2v) is 3.07. The van der Waals surface area contributed by atoms with E-state index in [2.05, 4.69) is 4.89 Å². The normalized spacial score (nSPS) is 49.6. The van der Waals surface area contributed by atoms with Gasteiger partial charge in [-0.3, -0.25) is 0 Å². The molecule has 5 atom stereocenters. The van der Waals surface area contributed by atoms with Crippen molar-refractivity contribution >= 4 is 0 Å². The number of hydrogen-bond donors (Lipinski definition) is 2. The van der Waals surface area contributed by atoms with Crippen molar-refractivity contribution in [3.63, 3.8) is 0 Å². The van der Waals surface area contributed by atoms with Crippen molar-refractivity contribution < 1.29 is 29.5 Å². The minimum atomic E-state index is -0.869. The molecule has 0 spiro atoms. The van der Waals surface area contributed by atoms with Gasteiger partial charge in [0.15, 0.2) is 18.5 Å². The van der Waals surface area contributed by atoms with Crippen LogP contribution in [-0.4, -0.2) is 54.6 Å². The maximum absolute atomic E-state index is 9.54. The standard InChI is InChI=1S/C7H12O6/c1-10-7-4(9)6-5(12-13-6)3(2-8)11-7/h3-9H,2H2,1H3/t3?,4?,5-,6?,7+/m1/s1. The summed E-state index contributed by atoms with van der Waals surface area (Å²) in [5.41, 5.74) is 0. The summed E-state index contributed by atoms with van der Waals surface area (Å²) < 4.78 is 10.1. The predicted molar refractivity (Wildman–Crippen MR) is 38.5 cm³/mol. The monoisotopic (exact) mass is 192 g/mol. The van der Waals surface area contributed by atoms with Gasteiger partial charge in [-0.15, -0.1) is 0 Å². The SMILES string of the molecule is CO[C@H]1OC(CO)[C@H]2OOC2C1O. The maximum atomic E-state index is 9.54. The second-order valence-electron chi connectivity index (χ2n) is 3.07. The molecule has 0 aromatic carbocycles. The zero-order valence-electron chi connectivity index (χ0n) is 7.12. The molecule has 2 aliphatic rings. The summed E-state index contributed by atoms with van der Waals surface area (Å²) in [4.78, 5) is 9.39. The van der Waals surface area contributed by atoms with E-state index in [1.54, 1.807) is 0 Å². The molecule has 3 unspecified atom stereocenters. The van der Waals surface area contributed by atoms with E-state index >= 15 is 0 Å². The van der Waals surface area contributed by atoms with E-state index in [-0.39, 0.29) is 6.61 Å². The van der Waals surface area contributed by atoms with Crippen molar-refractivity contribution in [2.75, 3.05) is 13.7 Å². The van der Waals surface area contributed by atoms with Gasteiger partial charge in [-0.05, 0) is 0 Å². The lowest BCUT2D eigenvalue weighted by molar-refractivity contribution is -0.520. The number of rotatable bonds is 2. The molecule has 0 aliphatic carbocycles. The fraction of sp³-hybridized carbons (Fsp3) is 1.00. The van der Waals surface area contributed by atoms with Gasteiger partial charge in [0.1, 0.15) is 12.2 Å². The van der Waals surface area contributed by atoms with Crippen molar-refractivity contribution in [1.82, 2.24) is 0 Å². The van der Waals surface area contributed by atoms with Gasteiger partial charge in [0.25, 0.3) is 0 Å². The first kappa shape index (κ1) is 9.32. The third-order valence-electron chi connectivity index (χ3n) is 2.30. The van der Waals surface area contributed by atoms with Crippen LogP contribution in [0.25, 0.3) is 0 Å². The minimum absolute atomic E-state index is 0.183. The smallest absolute Gasteiger partial charge is 0.186 e. The van der Waals surface area contributed by atoms with Crippen molar-refractivity contribution in [3.8, 4) is 0 Å². The van der Waals surface area contributed by atoms with Crippen LogP contribution in [0.1, 0.15) is 0 Å². The highest BCUT2D eigenvalue weighted by atomic mass is 17.3. The Kier molecular flexibility index (Phi) is 2.50. The molecular weight excluding hydrogens is 180 g/mol. The van der Waals surface area contributed by atoms with Crippen LogP contribution in [-0.2, 0) is 19.2 Å². The van der Waals surface area contributed by atoms with E-state index in [9.17, 15) is 5.11 Å². The molecule has 2 heterocycles. The summed E-state index contributed by atoms with van der Waals surface area (Å²) in [5, 5.41) is 18.5. The quantitative estimate of drug-likeness (QED) is 0.514. The van der Waals surface area contributed by atoms with Crippen molar-refractivity contribution in [1.29, 1.82) is 0 Å². The molecule has 2 N–H and O–H groups in total. The molecular formula is C7H12O6. The van der Waals surface area contributed by atoms with E-state index < -0.39 is 30.7 Å². The summed E-state index contributed by atoms with van der Waals surface area (Å²) in [6.07, 6.45) is -2.98. The Bertz CT molecular complexity index is 166. The van der Waals surface area contributed by atoms with Gasteiger partial charge >= 0.3 is 0 Å². The molecule has 13 heavy (non-hydrogen) atoms. The Morgan fingerprint density at radius 2 is 2.00 bits per heavy atom. The van der Waals surface area contributed by atoms with E-state index in [4.69, 9.17) is 19.5 Å². The lowest BCUT2D eigenvalue weighted by atomic mass is 9.98. The summed E-state index contributed by atoms with van der Waals surface area (Å²) >= 11 is 0. The summed E-state index contributed by atoms with van der Waals surface area (Å²) in [6, 6.07) is 0. The fourth-order valence-corrected chi connectivity index (χ4v) is 1.54. The summed E-state index contributed by atoms with van der Waals surface area (Å²) in [6.45, 7) is -0.183. The van der Waals surface area contributed by atoms with Gasteiger partial charge in [0.2, 0.25) is 0 Å². The highest BCUT2D eigenvalue weighted by Gasteiger charge is 2.53. The molecule has 0 aromatic heterocycles. The van der Waals surface area contributed by atoms with Crippen molar-refractivity contribution in [2.45, 2.75) is 30.7 Å². The number of ether oxygens (including phenoxy) is 2. The second kappa shape index (κ2) is 3.49. The Hall–Kier alpha value is -0.240. The molecule has 2 rings (SSSR count). The Balaban J connectivity index is 2.04. The van der Waals surface area contributed by atoms with Crippen LogP contribution in [0.2, 0.25) is 0 Å². The molecule has 76 valence electrons. The zero-order valence-corrected chi connectivity index (χ0v) is 7.12. The van der Waals surface area contributed by atoms with Gasteiger partial charge in [-0.1, -0.05) is 0 Å². The number of fused-ring (bicyclic) bond motifs is 1. The molecule has 0 aromatic rings. The molecule has 2 saturated heterocycles. The summed E-state index contributed by atoms with van der Waals surface area (Å²) in [7, 11) is 1.42. The molecule has 0 saturated carbocycles. The Morgan fingerprint density at radius 3 is 2.46 bits per heavy atom. The average molecular weight is 192 g/mol. The molecule has 0 amide bonds. The van der Waals surface area contributed by atoms with Crippen LogP contribution in [0.4, 0.5) is 0 Å². The third-order valence-corrected chi connectivity index (χ3v) is 2.30. The van der Waals surface area contributed by atoms with Gasteiger partial charge in [-0.2, -0.15) is 0 Å². The number of aliphatic hydroxyl groups excluding tert-OH is 2. The van der Waals surface area contributed by atoms with E-state index in [0.29, 0.717) is 0 Å².